The number of rotatable bonds is 8. The van der Waals surface area contributed by atoms with Crippen molar-refractivity contribution < 1.29 is 13.2 Å². The Morgan fingerprint density at radius 2 is 1.87 bits per heavy atom. The number of sulfonamides is 1. The Morgan fingerprint density at radius 3 is 2.55 bits per heavy atom. The van der Waals surface area contributed by atoms with Gasteiger partial charge in [0.15, 0.2) is 5.16 Å². The van der Waals surface area contributed by atoms with E-state index in [0.717, 1.165) is 16.6 Å². The molecule has 2 aromatic carbocycles. The molecule has 0 aliphatic carbocycles. The van der Waals surface area contributed by atoms with E-state index in [4.69, 9.17) is 0 Å². The van der Waals surface area contributed by atoms with Crippen LogP contribution in [0.5, 0.6) is 0 Å². The zero-order chi connectivity index (χ0) is 22.8. The molecule has 1 heterocycles. The van der Waals surface area contributed by atoms with Crippen molar-refractivity contribution in [2.75, 3.05) is 18.4 Å². The molecule has 9 heteroatoms. The second-order valence-electron chi connectivity index (χ2n) is 7.38. The first kappa shape index (κ1) is 23.3. The predicted molar refractivity (Wildman–Crippen MR) is 126 cm³/mol. The highest BCUT2D eigenvalue weighted by molar-refractivity contribution is 8.00. The summed E-state index contributed by atoms with van der Waals surface area (Å²) in [6.45, 7) is 9.95. The van der Waals surface area contributed by atoms with E-state index in [2.05, 4.69) is 15.3 Å². The third-order valence-electron chi connectivity index (χ3n) is 5.05. The number of aromatic nitrogens is 2. The number of H-pyrrole nitrogens is 1. The van der Waals surface area contributed by atoms with Gasteiger partial charge in [0.25, 0.3) is 0 Å². The van der Waals surface area contributed by atoms with Gasteiger partial charge < -0.3 is 10.3 Å². The summed E-state index contributed by atoms with van der Waals surface area (Å²) in [6.07, 6.45) is 0. The van der Waals surface area contributed by atoms with E-state index in [1.54, 1.807) is 39.8 Å². The number of carbonyl (C=O) groups is 1. The molecule has 0 spiro atoms. The number of benzene rings is 2. The number of imidazole rings is 1. The van der Waals surface area contributed by atoms with Crippen LogP contribution in [-0.2, 0) is 14.8 Å². The maximum atomic E-state index is 12.9. The maximum Gasteiger partial charge on any atom is 0.243 e. The average Bonchev–Trinajstić information content (AvgIpc) is 3.11. The highest BCUT2D eigenvalue weighted by atomic mass is 32.2. The van der Waals surface area contributed by atoms with E-state index in [0.29, 0.717) is 29.5 Å². The lowest BCUT2D eigenvalue weighted by Gasteiger charge is -2.20. The number of aryl methyl sites for hydroxylation is 2. The average molecular weight is 461 g/mol. The lowest BCUT2D eigenvalue weighted by Crippen LogP contribution is -2.31. The van der Waals surface area contributed by atoms with E-state index in [1.165, 1.54) is 22.1 Å². The molecule has 1 amide bonds. The van der Waals surface area contributed by atoms with Crippen LogP contribution in [0.3, 0.4) is 0 Å². The summed E-state index contributed by atoms with van der Waals surface area (Å²) in [4.78, 5) is 20.7. The summed E-state index contributed by atoms with van der Waals surface area (Å²) in [7, 11) is -3.62. The van der Waals surface area contributed by atoms with E-state index in [-0.39, 0.29) is 10.8 Å². The molecule has 0 unspecified atom stereocenters. The molecule has 0 aliphatic rings. The fraction of sp³-hybridized carbons (Fsp3) is 0.364. The third-order valence-corrected chi connectivity index (χ3v) is 8.23. The first-order valence-electron chi connectivity index (χ1n) is 10.2. The number of hydrogen-bond acceptors (Lipinski definition) is 5. The maximum absolute atomic E-state index is 12.9. The molecule has 0 bridgehead atoms. The quantitative estimate of drug-likeness (QED) is 0.488. The smallest absolute Gasteiger partial charge is 0.243 e. The Kier molecular flexibility index (Phi) is 7.08. The summed E-state index contributed by atoms with van der Waals surface area (Å²) in [5, 5.41) is 3.07. The molecule has 0 saturated heterocycles. The first-order valence-corrected chi connectivity index (χ1v) is 12.5. The third kappa shape index (κ3) is 5.11. The van der Waals surface area contributed by atoms with Crippen molar-refractivity contribution in [2.45, 2.75) is 49.9 Å². The van der Waals surface area contributed by atoms with Crippen LogP contribution in [0.1, 0.15) is 31.9 Å². The number of thioether (sulfide) groups is 1. The number of carbonyl (C=O) groups excluding carboxylic acids is 1. The van der Waals surface area contributed by atoms with Crippen LogP contribution in [-0.4, -0.2) is 46.9 Å². The Bertz CT molecular complexity index is 1200. The normalized spacial score (nSPS) is 13.0. The lowest BCUT2D eigenvalue weighted by molar-refractivity contribution is -0.115. The zero-order valence-electron chi connectivity index (χ0n) is 18.4. The van der Waals surface area contributed by atoms with Gasteiger partial charge in [-0.2, -0.15) is 4.31 Å². The van der Waals surface area contributed by atoms with Gasteiger partial charge in [-0.1, -0.05) is 37.7 Å². The van der Waals surface area contributed by atoms with Gasteiger partial charge in [0.05, 0.1) is 21.2 Å². The summed E-state index contributed by atoms with van der Waals surface area (Å²) in [5.74, 6) is -0.225. The molecule has 7 nitrogen and oxygen atoms in total. The van der Waals surface area contributed by atoms with Crippen LogP contribution in [0.25, 0.3) is 11.0 Å². The van der Waals surface area contributed by atoms with Gasteiger partial charge in [-0.3, -0.25) is 4.79 Å². The van der Waals surface area contributed by atoms with Crippen molar-refractivity contribution in [2.24, 2.45) is 0 Å². The molecule has 3 aromatic rings. The topological polar surface area (TPSA) is 95.2 Å². The molecule has 2 N–H and O–H groups in total. The molecule has 0 radical (unpaired) electrons. The molecule has 0 saturated carbocycles. The Labute approximate surface area is 187 Å². The number of fused-ring (bicyclic) bond motifs is 1. The molecule has 1 atom stereocenters. The molecule has 166 valence electrons. The van der Waals surface area contributed by atoms with Gasteiger partial charge in [0.1, 0.15) is 0 Å². The van der Waals surface area contributed by atoms with E-state index >= 15 is 0 Å². The van der Waals surface area contributed by atoms with Crippen molar-refractivity contribution in [3.63, 3.8) is 0 Å². The number of anilines is 1. The summed E-state index contributed by atoms with van der Waals surface area (Å²) >= 11 is 1.32. The SMILES string of the molecule is CCN(CC)S(=O)(=O)c1cc(NC(=O)[C@@H](C)Sc2nc3ccc(C)cc3[nH]2)ccc1C. The molecular weight excluding hydrogens is 432 g/mol. The Hall–Kier alpha value is -2.36. The Balaban J connectivity index is 1.76. The largest absolute Gasteiger partial charge is 0.333 e. The molecule has 0 aliphatic heterocycles. The molecule has 31 heavy (non-hydrogen) atoms. The van der Waals surface area contributed by atoms with Crippen LogP contribution in [0.15, 0.2) is 46.5 Å². The van der Waals surface area contributed by atoms with Crippen LogP contribution < -0.4 is 5.32 Å². The minimum Gasteiger partial charge on any atom is -0.333 e. The fourth-order valence-electron chi connectivity index (χ4n) is 3.28. The molecular formula is C22H28N4O3S2. The first-order chi connectivity index (χ1) is 14.6. The number of nitrogens with zero attached hydrogens (tertiary/aromatic N) is 2. The molecule has 3 rings (SSSR count). The highest BCUT2D eigenvalue weighted by Crippen LogP contribution is 2.27. The number of aromatic amines is 1. The summed E-state index contributed by atoms with van der Waals surface area (Å²) in [6, 6.07) is 10.9. The highest BCUT2D eigenvalue weighted by Gasteiger charge is 2.24. The van der Waals surface area contributed by atoms with E-state index in [1.807, 2.05) is 25.1 Å². The number of hydrogen-bond donors (Lipinski definition) is 2. The standard InChI is InChI=1S/C22H28N4O3S2/c1-6-26(7-2)31(28,29)20-13-17(10-9-15(20)4)23-21(27)16(5)30-22-24-18-11-8-14(3)12-19(18)25-22/h8-13,16H,6-7H2,1-5H3,(H,23,27)(H,24,25)/t16-/m1/s1. The van der Waals surface area contributed by atoms with Gasteiger partial charge in [-0.05, 0) is 56.2 Å². The monoisotopic (exact) mass is 460 g/mol. The summed E-state index contributed by atoms with van der Waals surface area (Å²) in [5.41, 5.74) is 4.01. The van der Waals surface area contributed by atoms with Gasteiger partial charge in [-0.25, -0.2) is 13.4 Å². The predicted octanol–water partition coefficient (Wildman–Crippen LogP) is 4.33. The van der Waals surface area contributed by atoms with Crippen LogP contribution in [0, 0.1) is 13.8 Å². The van der Waals surface area contributed by atoms with E-state index in [9.17, 15) is 13.2 Å². The fourth-order valence-corrected chi connectivity index (χ4v) is 5.81. The van der Waals surface area contributed by atoms with Crippen LogP contribution in [0.4, 0.5) is 5.69 Å². The number of amides is 1. The van der Waals surface area contributed by atoms with E-state index < -0.39 is 15.3 Å². The van der Waals surface area contributed by atoms with Crippen molar-refractivity contribution in [3.05, 3.63) is 47.5 Å². The van der Waals surface area contributed by atoms with Gasteiger partial charge in [0.2, 0.25) is 15.9 Å². The molecule has 1 aromatic heterocycles. The zero-order valence-corrected chi connectivity index (χ0v) is 20.0. The van der Waals surface area contributed by atoms with Crippen LogP contribution in [0.2, 0.25) is 0 Å². The summed E-state index contributed by atoms with van der Waals surface area (Å²) < 4.78 is 27.3. The number of nitrogens with one attached hydrogen (secondary N) is 2. The van der Waals surface area contributed by atoms with Gasteiger partial charge in [0, 0.05) is 18.8 Å². The minimum absolute atomic E-state index is 0.210. The van der Waals surface area contributed by atoms with Crippen molar-refractivity contribution in [1.29, 1.82) is 0 Å². The van der Waals surface area contributed by atoms with Gasteiger partial charge >= 0.3 is 0 Å². The van der Waals surface area contributed by atoms with Crippen molar-refractivity contribution >= 4 is 44.4 Å². The minimum atomic E-state index is -3.62. The second-order valence-corrected chi connectivity index (χ2v) is 10.6. The van der Waals surface area contributed by atoms with Gasteiger partial charge in [-0.15, -0.1) is 0 Å². The van der Waals surface area contributed by atoms with Crippen molar-refractivity contribution in [1.82, 2.24) is 14.3 Å². The lowest BCUT2D eigenvalue weighted by atomic mass is 10.2. The molecule has 0 fully saturated rings. The van der Waals surface area contributed by atoms with Crippen LogP contribution >= 0.6 is 11.8 Å². The Morgan fingerprint density at radius 1 is 1.16 bits per heavy atom. The second kappa shape index (κ2) is 9.42. The van der Waals surface area contributed by atoms with Crippen molar-refractivity contribution in [3.8, 4) is 0 Å².